The summed E-state index contributed by atoms with van der Waals surface area (Å²) < 4.78 is 0. The number of rotatable bonds is 2. The fourth-order valence-corrected chi connectivity index (χ4v) is 9.18. The first-order valence-electron chi connectivity index (χ1n) is 7.72. The van der Waals surface area contributed by atoms with Gasteiger partial charge in [-0.2, -0.15) is 0 Å². The summed E-state index contributed by atoms with van der Waals surface area (Å²) >= 11 is 0. The van der Waals surface area contributed by atoms with E-state index in [1.807, 2.05) is 43.2 Å². The molecule has 2 aliphatic heterocycles. The largest absolute Gasteiger partial charge is 0.0622 e. The van der Waals surface area contributed by atoms with E-state index in [1.54, 1.807) is 0 Å². The van der Waals surface area contributed by atoms with Gasteiger partial charge >= 0.3 is 0 Å². The number of allylic oxidation sites excluding steroid dienone is 2. The van der Waals surface area contributed by atoms with E-state index in [0.717, 1.165) is 0 Å². The van der Waals surface area contributed by atoms with Crippen molar-refractivity contribution in [3.05, 3.63) is 92.7 Å². The average molecular weight is 385 g/mol. The Morgan fingerprint density at radius 3 is 1.17 bits per heavy atom. The maximum Gasteiger partial charge on any atom is 0.0375 e. The minimum absolute atomic E-state index is 1.32. The second kappa shape index (κ2) is 7.12. The highest BCUT2D eigenvalue weighted by molar-refractivity contribution is 8.83. The third kappa shape index (κ3) is 3.01. The molecule has 24 heavy (non-hydrogen) atoms. The van der Waals surface area contributed by atoms with Gasteiger partial charge in [-0.25, -0.2) is 0 Å². The number of hydrogen-bond donors (Lipinski definition) is 0. The minimum atomic E-state index is 1.32. The third-order valence-electron chi connectivity index (χ3n) is 4.06. The van der Waals surface area contributed by atoms with Gasteiger partial charge in [0.15, 0.2) is 0 Å². The van der Waals surface area contributed by atoms with E-state index in [2.05, 4.69) is 74.5 Å². The van der Waals surface area contributed by atoms with Crippen LogP contribution in [0.25, 0.3) is 9.81 Å². The normalized spacial score (nSPS) is 21.1. The lowest BCUT2D eigenvalue weighted by atomic mass is 10.1. The molecule has 0 unspecified atom stereocenters. The molecule has 2 heterocycles. The van der Waals surface area contributed by atoms with Crippen molar-refractivity contribution >= 4 is 53.0 Å². The van der Waals surface area contributed by atoms with Crippen LogP contribution in [-0.4, -0.2) is 0 Å². The van der Waals surface area contributed by atoms with Crippen molar-refractivity contribution in [2.75, 3.05) is 0 Å². The quantitative estimate of drug-likeness (QED) is 0.483. The summed E-state index contributed by atoms with van der Waals surface area (Å²) in [5.41, 5.74) is 5.47. The topological polar surface area (TPSA) is 0 Å². The fraction of sp³-hybridized carbons (Fsp3) is 0.100. The van der Waals surface area contributed by atoms with Crippen LogP contribution in [0.15, 0.2) is 81.6 Å². The highest BCUT2D eigenvalue weighted by Crippen LogP contribution is 2.62. The van der Waals surface area contributed by atoms with E-state index in [4.69, 9.17) is 0 Å². The molecule has 120 valence electrons. The molecule has 0 nitrogen and oxygen atoms in total. The van der Waals surface area contributed by atoms with Crippen LogP contribution in [0.2, 0.25) is 0 Å². The first-order chi connectivity index (χ1) is 11.8. The smallest absolute Gasteiger partial charge is 0.0375 e. The molecule has 4 heteroatoms. The highest BCUT2D eigenvalue weighted by Gasteiger charge is 2.28. The van der Waals surface area contributed by atoms with Gasteiger partial charge in [0.25, 0.3) is 0 Å². The lowest BCUT2D eigenvalue weighted by Crippen LogP contribution is -1.86. The lowest BCUT2D eigenvalue weighted by Gasteiger charge is -2.05. The van der Waals surface area contributed by atoms with Gasteiger partial charge in [-0.3, -0.25) is 0 Å². The van der Waals surface area contributed by atoms with Crippen molar-refractivity contribution in [2.45, 2.75) is 13.8 Å². The summed E-state index contributed by atoms with van der Waals surface area (Å²) in [6.45, 7) is 4.52. The zero-order valence-corrected chi connectivity index (χ0v) is 16.7. The van der Waals surface area contributed by atoms with Crippen molar-refractivity contribution in [2.24, 2.45) is 0 Å². The summed E-state index contributed by atoms with van der Waals surface area (Å²) in [6.07, 6.45) is 0. The molecule has 0 saturated carbocycles. The molecule has 0 atom stereocenters. The standard InChI is InChI=1S/C20H16S4/c1-13-17(15-9-5-3-6-10-15)21-23-19(13)20-14(2)18(22-24-20)16-11-7-4-8-12-16/h3-12H,1-2H3. The molecule has 0 aliphatic carbocycles. The maximum absolute atomic E-state index is 2.26. The van der Waals surface area contributed by atoms with Gasteiger partial charge < -0.3 is 0 Å². The van der Waals surface area contributed by atoms with E-state index < -0.39 is 0 Å². The maximum atomic E-state index is 2.26. The molecular weight excluding hydrogens is 368 g/mol. The second-order valence-corrected chi connectivity index (χ2v) is 9.93. The van der Waals surface area contributed by atoms with E-state index in [9.17, 15) is 0 Å². The first kappa shape index (κ1) is 16.5. The van der Waals surface area contributed by atoms with E-state index in [1.165, 1.54) is 41.9 Å². The predicted octanol–water partition coefficient (Wildman–Crippen LogP) is 7.85. The summed E-state index contributed by atoms with van der Waals surface area (Å²) in [4.78, 5) is 5.66. The van der Waals surface area contributed by atoms with Gasteiger partial charge in [-0.05, 0) is 36.1 Å². The van der Waals surface area contributed by atoms with Gasteiger partial charge in [0, 0.05) is 19.6 Å². The van der Waals surface area contributed by atoms with Crippen LogP contribution < -0.4 is 0 Å². The molecular formula is C20H16S4. The summed E-state index contributed by atoms with van der Waals surface area (Å²) in [5.74, 6) is 0. The van der Waals surface area contributed by atoms with Gasteiger partial charge in [-0.15, -0.1) is 0 Å². The van der Waals surface area contributed by atoms with Crippen LogP contribution in [0.4, 0.5) is 0 Å². The summed E-state index contributed by atoms with van der Waals surface area (Å²) in [6, 6.07) is 21.4. The number of hydrogen-bond acceptors (Lipinski definition) is 4. The van der Waals surface area contributed by atoms with Crippen LogP contribution in [0.1, 0.15) is 25.0 Å². The van der Waals surface area contributed by atoms with Crippen LogP contribution in [0.3, 0.4) is 0 Å². The van der Waals surface area contributed by atoms with Gasteiger partial charge in [0.05, 0.1) is 0 Å². The Morgan fingerprint density at radius 2 is 0.792 bits per heavy atom. The van der Waals surface area contributed by atoms with Crippen molar-refractivity contribution < 1.29 is 0 Å². The van der Waals surface area contributed by atoms with E-state index in [0.29, 0.717) is 0 Å². The predicted molar refractivity (Wildman–Crippen MR) is 115 cm³/mol. The van der Waals surface area contributed by atoms with Crippen molar-refractivity contribution in [1.82, 2.24) is 0 Å². The molecule has 2 aromatic rings. The van der Waals surface area contributed by atoms with Crippen molar-refractivity contribution in [3.63, 3.8) is 0 Å². The van der Waals surface area contributed by atoms with Crippen LogP contribution in [-0.2, 0) is 0 Å². The Morgan fingerprint density at radius 1 is 0.458 bits per heavy atom. The summed E-state index contributed by atoms with van der Waals surface area (Å²) in [5, 5.41) is 0. The molecule has 0 spiro atoms. The Labute approximate surface area is 159 Å². The minimum Gasteiger partial charge on any atom is -0.0622 e. The van der Waals surface area contributed by atoms with Gasteiger partial charge in [-0.1, -0.05) is 104 Å². The first-order valence-corrected chi connectivity index (χ1v) is 12.0. The molecule has 2 aromatic carbocycles. The van der Waals surface area contributed by atoms with E-state index in [-0.39, 0.29) is 0 Å². The van der Waals surface area contributed by atoms with Crippen LogP contribution in [0.5, 0.6) is 0 Å². The molecule has 0 N–H and O–H groups in total. The molecule has 2 aliphatic rings. The Kier molecular flexibility index (Phi) is 4.90. The van der Waals surface area contributed by atoms with Crippen LogP contribution in [0, 0.1) is 0 Å². The number of benzene rings is 2. The Bertz CT molecular complexity index is 788. The monoisotopic (exact) mass is 384 g/mol. The molecule has 0 saturated heterocycles. The van der Waals surface area contributed by atoms with Crippen molar-refractivity contribution in [3.8, 4) is 0 Å². The average Bonchev–Trinajstić information content (AvgIpc) is 3.19. The van der Waals surface area contributed by atoms with Gasteiger partial charge in [0.1, 0.15) is 0 Å². The summed E-state index contributed by atoms with van der Waals surface area (Å²) in [7, 11) is 7.59. The zero-order valence-electron chi connectivity index (χ0n) is 13.4. The Hall–Kier alpha value is -0.940. The molecule has 0 radical (unpaired) electrons. The highest BCUT2D eigenvalue weighted by atomic mass is 33.1. The Balaban J connectivity index is 1.76. The molecule has 0 bridgehead atoms. The zero-order chi connectivity index (χ0) is 16.5. The molecule has 0 amide bonds. The SMILES string of the molecule is CC1=C(c2ccccc2)SSC1=C1SSC(c2ccccc2)=C1C. The van der Waals surface area contributed by atoms with E-state index >= 15 is 0 Å². The van der Waals surface area contributed by atoms with Crippen LogP contribution >= 0.6 is 43.2 Å². The molecule has 0 aromatic heterocycles. The third-order valence-corrected chi connectivity index (χ3v) is 9.62. The fourth-order valence-electron chi connectivity index (χ4n) is 2.75. The lowest BCUT2D eigenvalue weighted by molar-refractivity contribution is 1.45. The second-order valence-electron chi connectivity index (χ2n) is 5.63. The van der Waals surface area contributed by atoms with Crippen molar-refractivity contribution in [1.29, 1.82) is 0 Å². The molecule has 4 rings (SSSR count). The van der Waals surface area contributed by atoms with Gasteiger partial charge in [0.2, 0.25) is 0 Å². The molecule has 0 fully saturated rings.